The molecular weight excluding hydrogens is 400 g/mol. The average Bonchev–Trinajstić information content (AvgIpc) is 3.30. The Labute approximate surface area is 180 Å². The second-order valence-electron chi connectivity index (χ2n) is 6.56. The molecule has 1 N–H and O–H groups in total. The first kappa shape index (κ1) is 21.4. The van der Waals surface area contributed by atoms with Crippen LogP contribution in [0.2, 0.25) is 0 Å². The van der Waals surface area contributed by atoms with Gasteiger partial charge in [-0.2, -0.15) is 0 Å². The van der Waals surface area contributed by atoms with E-state index in [2.05, 4.69) is 5.32 Å². The van der Waals surface area contributed by atoms with Gasteiger partial charge >= 0.3 is 0 Å². The molecule has 3 aromatic rings. The van der Waals surface area contributed by atoms with E-state index >= 15 is 0 Å². The van der Waals surface area contributed by atoms with Gasteiger partial charge in [-0.05, 0) is 35.7 Å². The van der Waals surface area contributed by atoms with E-state index in [9.17, 15) is 9.59 Å². The number of thiophene rings is 1. The van der Waals surface area contributed by atoms with Crippen LogP contribution in [0, 0.1) is 0 Å². The van der Waals surface area contributed by atoms with Gasteiger partial charge in [0.05, 0.1) is 27.3 Å². The molecule has 0 saturated heterocycles. The van der Waals surface area contributed by atoms with Crippen LogP contribution in [-0.4, -0.2) is 37.5 Å². The third kappa shape index (κ3) is 5.61. The molecule has 6 nitrogen and oxygen atoms in total. The van der Waals surface area contributed by atoms with Crippen molar-refractivity contribution in [1.82, 2.24) is 10.2 Å². The Balaban J connectivity index is 1.70. The molecule has 0 spiro atoms. The van der Waals surface area contributed by atoms with Crippen molar-refractivity contribution < 1.29 is 19.1 Å². The summed E-state index contributed by atoms with van der Waals surface area (Å²) in [6.07, 6.45) is 0. The molecule has 0 fully saturated rings. The molecule has 0 aliphatic carbocycles. The molecule has 0 aliphatic rings. The molecule has 1 heterocycles. The van der Waals surface area contributed by atoms with Crippen LogP contribution < -0.4 is 14.8 Å². The van der Waals surface area contributed by atoms with Crippen LogP contribution in [0.1, 0.15) is 20.8 Å². The summed E-state index contributed by atoms with van der Waals surface area (Å²) in [5.74, 6) is 0.813. The summed E-state index contributed by atoms with van der Waals surface area (Å²) in [5, 5.41) is 4.69. The molecular formula is C23H24N2O4S. The van der Waals surface area contributed by atoms with Crippen molar-refractivity contribution in [3.05, 3.63) is 82.0 Å². The number of ether oxygens (including phenoxy) is 2. The SMILES string of the molecule is COc1cccc(C(=O)NCC(=O)N(Cc2cccs2)Cc2ccccc2OC)c1. The van der Waals surface area contributed by atoms with E-state index in [1.807, 2.05) is 41.8 Å². The van der Waals surface area contributed by atoms with Gasteiger partial charge in [-0.1, -0.05) is 30.3 Å². The van der Waals surface area contributed by atoms with Crippen LogP contribution in [0.3, 0.4) is 0 Å². The lowest BCUT2D eigenvalue weighted by Crippen LogP contribution is -2.39. The summed E-state index contributed by atoms with van der Waals surface area (Å²) in [6.45, 7) is 0.746. The number of para-hydroxylation sites is 1. The normalized spacial score (nSPS) is 10.3. The molecule has 3 rings (SSSR count). The molecule has 0 aliphatic heterocycles. The molecule has 2 aromatic carbocycles. The minimum Gasteiger partial charge on any atom is -0.497 e. The molecule has 1 aromatic heterocycles. The molecule has 2 amide bonds. The summed E-state index contributed by atoms with van der Waals surface area (Å²) in [5.41, 5.74) is 1.35. The number of benzene rings is 2. The molecule has 0 saturated carbocycles. The molecule has 0 radical (unpaired) electrons. The summed E-state index contributed by atoms with van der Waals surface area (Å²) >= 11 is 1.59. The summed E-state index contributed by atoms with van der Waals surface area (Å²) in [6, 6.07) is 18.4. The standard InChI is InChI=1S/C23H24N2O4S/c1-28-19-9-5-8-17(13-19)23(27)24-14-22(26)25(16-20-10-6-12-30-20)15-18-7-3-4-11-21(18)29-2/h3-13H,14-16H2,1-2H3,(H,24,27). The lowest BCUT2D eigenvalue weighted by Gasteiger charge is -2.23. The number of hydrogen-bond donors (Lipinski definition) is 1. The Morgan fingerprint density at radius 1 is 0.967 bits per heavy atom. The highest BCUT2D eigenvalue weighted by Gasteiger charge is 2.18. The van der Waals surface area contributed by atoms with Gasteiger partial charge < -0.3 is 19.7 Å². The van der Waals surface area contributed by atoms with Crippen LogP contribution in [0.5, 0.6) is 11.5 Å². The number of rotatable bonds is 9. The van der Waals surface area contributed by atoms with Gasteiger partial charge in [0.1, 0.15) is 11.5 Å². The maximum Gasteiger partial charge on any atom is 0.251 e. The highest BCUT2D eigenvalue weighted by molar-refractivity contribution is 7.09. The lowest BCUT2D eigenvalue weighted by molar-refractivity contribution is -0.131. The average molecular weight is 425 g/mol. The van der Waals surface area contributed by atoms with Gasteiger partial charge in [-0.3, -0.25) is 9.59 Å². The zero-order valence-corrected chi connectivity index (χ0v) is 17.8. The van der Waals surface area contributed by atoms with Crippen molar-refractivity contribution >= 4 is 23.2 Å². The van der Waals surface area contributed by atoms with Crippen molar-refractivity contribution in [3.63, 3.8) is 0 Å². The van der Waals surface area contributed by atoms with Crippen molar-refractivity contribution in [2.45, 2.75) is 13.1 Å². The van der Waals surface area contributed by atoms with E-state index in [4.69, 9.17) is 9.47 Å². The predicted octanol–water partition coefficient (Wildman–Crippen LogP) is 3.72. The number of hydrogen-bond acceptors (Lipinski definition) is 5. The molecule has 0 atom stereocenters. The number of amides is 2. The fourth-order valence-electron chi connectivity index (χ4n) is 3.00. The van der Waals surface area contributed by atoms with E-state index in [1.54, 1.807) is 54.7 Å². The summed E-state index contributed by atoms with van der Waals surface area (Å²) < 4.78 is 10.6. The Kier molecular flexibility index (Phi) is 7.45. The number of nitrogens with zero attached hydrogens (tertiary/aromatic N) is 1. The van der Waals surface area contributed by atoms with E-state index in [-0.39, 0.29) is 18.4 Å². The van der Waals surface area contributed by atoms with Crippen molar-refractivity contribution in [2.75, 3.05) is 20.8 Å². The summed E-state index contributed by atoms with van der Waals surface area (Å²) in [4.78, 5) is 28.2. The smallest absolute Gasteiger partial charge is 0.251 e. The van der Waals surface area contributed by atoms with Crippen molar-refractivity contribution in [1.29, 1.82) is 0 Å². The first-order chi connectivity index (χ1) is 14.6. The molecule has 30 heavy (non-hydrogen) atoms. The highest BCUT2D eigenvalue weighted by atomic mass is 32.1. The zero-order chi connectivity index (χ0) is 21.3. The Hall–Kier alpha value is -3.32. The second kappa shape index (κ2) is 10.5. The lowest BCUT2D eigenvalue weighted by atomic mass is 10.1. The van der Waals surface area contributed by atoms with Crippen molar-refractivity contribution in [3.8, 4) is 11.5 Å². The van der Waals surface area contributed by atoms with Gasteiger partial charge in [0.25, 0.3) is 5.91 Å². The fraction of sp³-hybridized carbons (Fsp3) is 0.217. The maximum atomic E-state index is 13.0. The maximum absolute atomic E-state index is 13.0. The van der Waals surface area contributed by atoms with Gasteiger partial charge in [0, 0.05) is 22.5 Å². The Morgan fingerprint density at radius 3 is 2.53 bits per heavy atom. The minimum absolute atomic E-state index is 0.101. The van der Waals surface area contributed by atoms with Gasteiger partial charge in [-0.25, -0.2) is 0 Å². The van der Waals surface area contributed by atoms with E-state index < -0.39 is 0 Å². The van der Waals surface area contributed by atoms with Crippen LogP contribution in [0.4, 0.5) is 0 Å². The molecule has 0 unspecified atom stereocenters. The number of carbonyl (C=O) groups is 2. The second-order valence-corrected chi connectivity index (χ2v) is 7.59. The number of methoxy groups -OCH3 is 2. The fourth-order valence-corrected chi connectivity index (χ4v) is 3.72. The highest BCUT2D eigenvalue weighted by Crippen LogP contribution is 2.21. The number of nitrogens with one attached hydrogen (secondary N) is 1. The topological polar surface area (TPSA) is 67.9 Å². The monoisotopic (exact) mass is 424 g/mol. The minimum atomic E-state index is -0.324. The van der Waals surface area contributed by atoms with Crippen LogP contribution in [-0.2, 0) is 17.9 Å². The predicted molar refractivity (Wildman–Crippen MR) is 117 cm³/mol. The van der Waals surface area contributed by atoms with Crippen LogP contribution >= 0.6 is 11.3 Å². The van der Waals surface area contributed by atoms with Gasteiger partial charge in [0.15, 0.2) is 0 Å². The first-order valence-corrected chi connectivity index (χ1v) is 10.3. The Morgan fingerprint density at radius 2 is 1.80 bits per heavy atom. The van der Waals surface area contributed by atoms with Crippen LogP contribution in [0.25, 0.3) is 0 Å². The number of carbonyl (C=O) groups excluding carboxylic acids is 2. The zero-order valence-electron chi connectivity index (χ0n) is 17.0. The quantitative estimate of drug-likeness (QED) is 0.568. The van der Waals surface area contributed by atoms with Gasteiger partial charge in [0.2, 0.25) is 5.91 Å². The van der Waals surface area contributed by atoms with E-state index in [0.29, 0.717) is 24.4 Å². The van der Waals surface area contributed by atoms with Crippen molar-refractivity contribution in [2.24, 2.45) is 0 Å². The van der Waals surface area contributed by atoms with Crippen LogP contribution in [0.15, 0.2) is 66.0 Å². The largest absolute Gasteiger partial charge is 0.497 e. The molecule has 156 valence electrons. The third-order valence-electron chi connectivity index (χ3n) is 4.57. The van der Waals surface area contributed by atoms with E-state index in [1.165, 1.54) is 0 Å². The third-order valence-corrected chi connectivity index (χ3v) is 5.43. The van der Waals surface area contributed by atoms with Gasteiger partial charge in [-0.15, -0.1) is 11.3 Å². The summed E-state index contributed by atoms with van der Waals surface area (Å²) in [7, 11) is 3.15. The molecule has 0 bridgehead atoms. The Bertz CT molecular complexity index is 988. The first-order valence-electron chi connectivity index (χ1n) is 9.45. The van der Waals surface area contributed by atoms with E-state index in [0.717, 1.165) is 16.2 Å². The molecule has 7 heteroatoms.